The Kier molecular flexibility index (Phi) is 6.13. The van der Waals surface area contributed by atoms with Crippen molar-refractivity contribution in [2.24, 2.45) is 0 Å². The Morgan fingerprint density at radius 1 is 1.16 bits per heavy atom. The standard InChI is InChI=1S/C19H16ClNO2S2/c1-13-17(25-18(21-13)14-5-3-2-4-6-14)19(22)23-11-12-24-16-9-7-15(20)8-10-16/h2-10H,11-12H2,1H3. The molecule has 0 amide bonds. The average molecular weight is 390 g/mol. The van der Waals surface area contributed by atoms with Crippen LogP contribution in [0.3, 0.4) is 0 Å². The lowest BCUT2D eigenvalue weighted by atomic mass is 10.2. The van der Waals surface area contributed by atoms with Crippen molar-refractivity contribution < 1.29 is 9.53 Å². The molecule has 0 atom stereocenters. The number of aryl methyl sites for hydroxylation is 1. The molecule has 3 nitrogen and oxygen atoms in total. The molecule has 3 rings (SSSR count). The number of nitrogens with zero attached hydrogens (tertiary/aromatic N) is 1. The van der Waals surface area contributed by atoms with E-state index in [0.29, 0.717) is 28.0 Å². The summed E-state index contributed by atoms with van der Waals surface area (Å²) in [5, 5.41) is 1.55. The molecule has 0 aliphatic heterocycles. The Hall–Kier alpha value is -1.82. The third-order valence-electron chi connectivity index (χ3n) is 3.40. The molecule has 0 aliphatic rings. The van der Waals surface area contributed by atoms with Crippen LogP contribution < -0.4 is 0 Å². The smallest absolute Gasteiger partial charge is 0.350 e. The Balaban J connectivity index is 1.55. The summed E-state index contributed by atoms with van der Waals surface area (Å²) >= 11 is 8.85. The maximum Gasteiger partial charge on any atom is 0.350 e. The van der Waals surface area contributed by atoms with Gasteiger partial charge >= 0.3 is 5.97 Å². The first-order chi connectivity index (χ1) is 12.1. The van der Waals surface area contributed by atoms with Crippen molar-refractivity contribution in [2.75, 3.05) is 12.4 Å². The zero-order valence-corrected chi connectivity index (χ0v) is 16.0. The van der Waals surface area contributed by atoms with Crippen LogP contribution in [0.5, 0.6) is 0 Å². The minimum atomic E-state index is -0.311. The quantitative estimate of drug-likeness (QED) is 0.307. The summed E-state index contributed by atoms with van der Waals surface area (Å²) in [6, 6.07) is 17.4. The first kappa shape index (κ1) is 18.0. The highest BCUT2D eigenvalue weighted by atomic mass is 35.5. The fourth-order valence-corrected chi connectivity index (χ4v) is 4.00. The van der Waals surface area contributed by atoms with Gasteiger partial charge in [-0.05, 0) is 31.2 Å². The lowest BCUT2D eigenvalue weighted by Crippen LogP contribution is -2.07. The predicted molar refractivity (Wildman–Crippen MR) is 105 cm³/mol. The van der Waals surface area contributed by atoms with E-state index in [-0.39, 0.29) is 5.97 Å². The number of thioether (sulfide) groups is 1. The topological polar surface area (TPSA) is 39.2 Å². The van der Waals surface area contributed by atoms with Gasteiger partial charge in [-0.3, -0.25) is 0 Å². The maximum absolute atomic E-state index is 12.3. The third kappa shape index (κ3) is 4.84. The second kappa shape index (κ2) is 8.52. The molecule has 0 radical (unpaired) electrons. The minimum absolute atomic E-state index is 0.311. The number of hydrogen-bond donors (Lipinski definition) is 0. The summed E-state index contributed by atoms with van der Waals surface area (Å²) in [4.78, 5) is 18.4. The van der Waals surface area contributed by atoms with Gasteiger partial charge in [0.15, 0.2) is 0 Å². The molecule has 0 fully saturated rings. The van der Waals surface area contributed by atoms with Crippen LogP contribution in [-0.4, -0.2) is 23.3 Å². The molecule has 0 saturated heterocycles. The number of benzene rings is 2. The van der Waals surface area contributed by atoms with E-state index in [9.17, 15) is 4.79 Å². The molecule has 0 bridgehead atoms. The summed E-state index contributed by atoms with van der Waals surface area (Å²) in [5.74, 6) is 0.380. The summed E-state index contributed by atoms with van der Waals surface area (Å²) in [7, 11) is 0. The van der Waals surface area contributed by atoms with E-state index < -0.39 is 0 Å². The SMILES string of the molecule is Cc1nc(-c2ccccc2)sc1C(=O)OCCSc1ccc(Cl)cc1. The van der Waals surface area contributed by atoms with Gasteiger partial charge < -0.3 is 4.74 Å². The molecule has 3 aromatic rings. The Bertz CT molecular complexity index is 848. The largest absolute Gasteiger partial charge is 0.461 e. The lowest BCUT2D eigenvalue weighted by Gasteiger charge is -2.04. The highest BCUT2D eigenvalue weighted by molar-refractivity contribution is 7.99. The third-order valence-corrected chi connectivity index (χ3v) is 5.82. The van der Waals surface area contributed by atoms with Crippen LogP contribution in [0.15, 0.2) is 59.5 Å². The number of carbonyl (C=O) groups excluding carboxylic acids is 1. The summed E-state index contributed by atoms with van der Waals surface area (Å²) in [5.41, 5.74) is 1.71. The minimum Gasteiger partial charge on any atom is -0.461 e. The number of aromatic nitrogens is 1. The zero-order chi connectivity index (χ0) is 17.6. The highest BCUT2D eigenvalue weighted by Gasteiger charge is 2.17. The zero-order valence-electron chi connectivity index (χ0n) is 13.6. The number of ether oxygens (including phenoxy) is 1. The Labute approximate surface area is 160 Å². The van der Waals surface area contributed by atoms with Gasteiger partial charge in [0.05, 0.1) is 5.69 Å². The van der Waals surface area contributed by atoms with E-state index in [1.807, 2.05) is 61.5 Å². The highest BCUT2D eigenvalue weighted by Crippen LogP contribution is 2.28. The number of esters is 1. The van der Waals surface area contributed by atoms with Gasteiger partial charge in [-0.25, -0.2) is 9.78 Å². The number of carbonyl (C=O) groups is 1. The van der Waals surface area contributed by atoms with Crippen LogP contribution in [0.2, 0.25) is 5.02 Å². The Morgan fingerprint density at radius 3 is 2.60 bits per heavy atom. The second-order valence-electron chi connectivity index (χ2n) is 5.24. The van der Waals surface area contributed by atoms with Gasteiger partial charge in [0.25, 0.3) is 0 Å². The maximum atomic E-state index is 12.3. The van der Waals surface area contributed by atoms with Crippen molar-refractivity contribution in [3.8, 4) is 10.6 Å². The summed E-state index contributed by atoms with van der Waals surface area (Å²) < 4.78 is 5.39. The van der Waals surface area contributed by atoms with Crippen molar-refractivity contribution in [1.82, 2.24) is 4.98 Å². The molecule has 128 valence electrons. The summed E-state index contributed by atoms with van der Waals surface area (Å²) in [6.07, 6.45) is 0. The molecule has 1 aromatic heterocycles. The van der Waals surface area contributed by atoms with E-state index in [4.69, 9.17) is 16.3 Å². The summed E-state index contributed by atoms with van der Waals surface area (Å²) in [6.45, 7) is 2.19. The van der Waals surface area contributed by atoms with Gasteiger partial charge in [-0.1, -0.05) is 41.9 Å². The van der Waals surface area contributed by atoms with E-state index in [1.54, 1.807) is 11.8 Å². The van der Waals surface area contributed by atoms with Crippen LogP contribution in [0, 0.1) is 6.92 Å². The molecule has 0 aliphatic carbocycles. The van der Waals surface area contributed by atoms with Crippen LogP contribution in [0.1, 0.15) is 15.4 Å². The molecular formula is C19H16ClNO2S2. The second-order valence-corrected chi connectivity index (χ2v) is 7.84. The van der Waals surface area contributed by atoms with Crippen LogP contribution >= 0.6 is 34.7 Å². The van der Waals surface area contributed by atoms with Gasteiger partial charge in [0.2, 0.25) is 0 Å². The van der Waals surface area contributed by atoms with Crippen LogP contribution in [-0.2, 0) is 4.74 Å². The van der Waals surface area contributed by atoms with Gasteiger partial charge in [-0.15, -0.1) is 23.1 Å². The van der Waals surface area contributed by atoms with E-state index in [2.05, 4.69) is 4.98 Å². The normalized spacial score (nSPS) is 10.6. The van der Waals surface area contributed by atoms with Crippen molar-refractivity contribution in [3.05, 3.63) is 70.2 Å². The van der Waals surface area contributed by atoms with Crippen LogP contribution in [0.25, 0.3) is 10.6 Å². The van der Waals surface area contributed by atoms with Gasteiger partial charge in [0, 0.05) is 21.2 Å². The number of halogens is 1. The van der Waals surface area contributed by atoms with Gasteiger partial charge in [0.1, 0.15) is 16.5 Å². The lowest BCUT2D eigenvalue weighted by molar-refractivity contribution is 0.0535. The molecule has 0 unspecified atom stereocenters. The van der Waals surface area contributed by atoms with Crippen molar-refractivity contribution in [3.63, 3.8) is 0 Å². The molecule has 0 spiro atoms. The fraction of sp³-hybridized carbons (Fsp3) is 0.158. The van der Waals surface area contributed by atoms with E-state index in [0.717, 1.165) is 15.5 Å². The molecule has 1 heterocycles. The van der Waals surface area contributed by atoms with Crippen molar-refractivity contribution >= 4 is 40.7 Å². The number of hydrogen-bond acceptors (Lipinski definition) is 5. The number of rotatable bonds is 6. The molecule has 0 saturated carbocycles. The monoisotopic (exact) mass is 389 g/mol. The van der Waals surface area contributed by atoms with Crippen LogP contribution in [0.4, 0.5) is 0 Å². The van der Waals surface area contributed by atoms with Crippen molar-refractivity contribution in [2.45, 2.75) is 11.8 Å². The predicted octanol–water partition coefficient (Wildman–Crippen LogP) is 5.72. The van der Waals surface area contributed by atoms with E-state index in [1.165, 1.54) is 11.3 Å². The molecule has 25 heavy (non-hydrogen) atoms. The first-order valence-corrected chi connectivity index (χ1v) is 9.90. The first-order valence-electron chi connectivity index (χ1n) is 7.72. The van der Waals surface area contributed by atoms with Gasteiger partial charge in [-0.2, -0.15) is 0 Å². The van der Waals surface area contributed by atoms with Crippen molar-refractivity contribution in [1.29, 1.82) is 0 Å². The Morgan fingerprint density at radius 2 is 1.88 bits per heavy atom. The molecule has 0 N–H and O–H groups in total. The number of thiazole rings is 1. The average Bonchev–Trinajstić information content (AvgIpc) is 3.03. The molecule has 6 heteroatoms. The fourth-order valence-electron chi connectivity index (χ4n) is 2.18. The molecule has 2 aromatic carbocycles. The molecular weight excluding hydrogens is 374 g/mol. The van der Waals surface area contributed by atoms with E-state index >= 15 is 0 Å².